The second kappa shape index (κ2) is 7.10. The summed E-state index contributed by atoms with van der Waals surface area (Å²) in [5.41, 5.74) is 2.49. The van der Waals surface area contributed by atoms with E-state index >= 15 is 0 Å². The monoisotopic (exact) mass is 394 g/mol. The number of hydrogen-bond donors (Lipinski definition) is 0. The first-order valence-electron chi connectivity index (χ1n) is 10.3. The Morgan fingerprint density at radius 3 is 2.10 bits per heavy atom. The maximum Gasteiger partial charge on any atom is 0.323 e. The number of para-hydroxylation sites is 1. The number of allylic oxidation sites excluding steroid dienone is 2. The van der Waals surface area contributed by atoms with Gasteiger partial charge in [0.1, 0.15) is 17.5 Å². The van der Waals surface area contributed by atoms with Crippen LogP contribution in [-0.2, 0) is 15.0 Å². The Kier molecular flexibility index (Phi) is 4.39. The molecule has 1 aliphatic carbocycles. The normalized spacial score (nSPS) is 27.3. The molecule has 148 valence electrons. The molecule has 0 aromatic heterocycles. The third kappa shape index (κ3) is 2.51. The zero-order valence-electron chi connectivity index (χ0n) is 16.7. The Labute approximate surface area is 176 Å². The number of benzene rings is 3. The van der Waals surface area contributed by atoms with E-state index in [2.05, 4.69) is 19.1 Å². The van der Waals surface area contributed by atoms with Crippen LogP contribution in [0.1, 0.15) is 35.4 Å². The van der Waals surface area contributed by atoms with Gasteiger partial charge < -0.3 is 4.74 Å². The van der Waals surface area contributed by atoms with Gasteiger partial charge in [-0.3, -0.25) is 9.59 Å². The highest BCUT2D eigenvalue weighted by Gasteiger charge is 2.63. The van der Waals surface area contributed by atoms with Crippen molar-refractivity contribution in [1.82, 2.24) is 0 Å². The number of carbonyl (C=O) groups excluding carboxylic acids is 2. The molecule has 3 aromatic rings. The van der Waals surface area contributed by atoms with Crippen molar-refractivity contribution < 1.29 is 14.3 Å². The fourth-order valence-electron chi connectivity index (χ4n) is 5.55. The average molecular weight is 394 g/mol. The standard InChI is InChI=1S/C27H22O3/c1-18-16-21(17-28)25(20-12-6-3-7-13-20)27(24(18)19-10-4-2-5-11-19)22-14-8-9-15-23(22)30-26(27)29/h2-18,24-25H,1H3/t18-,24-,25+,27+/m0/s1. The van der Waals surface area contributed by atoms with Crippen LogP contribution in [0.3, 0.4) is 0 Å². The van der Waals surface area contributed by atoms with Crippen molar-refractivity contribution in [3.63, 3.8) is 0 Å². The number of carbonyl (C=O) groups is 2. The van der Waals surface area contributed by atoms with E-state index < -0.39 is 11.3 Å². The Bertz CT molecular complexity index is 1130. The first-order valence-corrected chi connectivity index (χ1v) is 10.3. The van der Waals surface area contributed by atoms with Crippen molar-refractivity contribution in [1.29, 1.82) is 0 Å². The van der Waals surface area contributed by atoms with Gasteiger partial charge in [-0.05, 0) is 28.7 Å². The minimum atomic E-state index is -1.01. The van der Waals surface area contributed by atoms with Crippen molar-refractivity contribution in [2.45, 2.75) is 24.2 Å². The van der Waals surface area contributed by atoms with Crippen LogP contribution in [0.15, 0.2) is 96.6 Å². The molecule has 0 amide bonds. The molecular formula is C27H22O3. The topological polar surface area (TPSA) is 43.4 Å². The number of aldehydes is 1. The van der Waals surface area contributed by atoms with Crippen molar-refractivity contribution in [3.8, 4) is 5.75 Å². The lowest BCUT2D eigenvalue weighted by molar-refractivity contribution is -0.140. The number of fused-ring (bicyclic) bond motifs is 2. The van der Waals surface area contributed by atoms with Gasteiger partial charge in [0.15, 0.2) is 0 Å². The van der Waals surface area contributed by atoms with Crippen LogP contribution in [0.5, 0.6) is 5.75 Å². The average Bonchev–Trinajstić information content (AvgIpc) is 3.07. The molecule has 0 unspecified atom stereocenters. The molecule has 0 bridgehead atoms. The van der Waals surface area contributed by atoms with Crippen LogP contribution < -0.4 is 4.74 Å². The lowest BCUT2D eigenvalue weighted by Gasteiger charge is -2.47. The summed E-state index contributed by atoms with van der Waals surface area (Å²) in [5.74, 6) is -0.307. The van der Waals surface area contributed by atoms with E-state index in [4.69, 9.17) is 4.74 Å². The molecule has 1 spiro atoms. The van der Waals surface area contributed by atoms with E-state index in [1.807, 2.05) is 78.9 Å². The van der Waals surface area contributed by atoms with Gasteiger partial charge in [0.2, 0.25) is 0 Å². The highest BCUT2D eigenvalue weighted by molar-refractivity contribution is 5.96. The fraction of sp³-hybridized carbons (Fsp3) is 0.185. The van der Waals surface area contributed by atoms with Crippen LogP contribution in [-0.4, -0.2) is 12.3 Å². The van der Waals surface area contributed by atoms with Gasteiger partial charge >= 0.3 is 5.97 Å². The number of hydrogen-bond acceptors (Lipinski definition) is 3. The first-order chi connectivity index (χ1) is 14.7. The molecule has 0 radical (unpaired) electrons. The van der Waals surface area contributed by atoms with Crippen molar-refractivity contribution in [2.75, 3.05) is 0 Å². The van der Waals surface area contributed by atoms with Gasteiger partial charge in [-0.2, -0.15) is 0 Å². The fourth-order valence-corrected chi connectivity index (χ4v) is 5.55. The van der Waals surface area contributed by atoms with Gasteiger partial charge in [0.05, 0.1) is 0 Å². The predicted molar refractivity (Wildman–Crippen MR) is 115 cm³/mol. The second-order valence-electron chi connectivity index (χ2n) is 8.13. The van der Waals surface area contributed by atoms with Gasteiger partial charge in [0, 0.05) is 17.4 Å². The Hall–Kier alpha value is -3.46. The number of esters is 1. The van der Waals surface area contributed by atoms with Crippen LogP contribution >= 0.6 is 0 Å². The zero-order chi connectivity index (χ0) is 20.7. The third-order valence-corrected chi connectivity index (χ3v) is 6.56. The molecular weight excluding hydrogens is 372 g/mol. The number of rotatable bonds is 3. The highest BCUT2D eigenvalue weighted by atomic mass is 16.5. The lowest BCUT2D eigenvalue weighted by Crippen LogP contribution is -2.50. The minimum absolute atomic E-state index is 0.0220. The molecule has 3 aromatic carbocycles. The lowest BCUT2D eigenvalue weighted by atomic mass is 9.52. The summed E-state index contributed by atoms with van der Waals surface area (Å²) in [5, 5.41) is 0. The van der Waals surface area contributed by atoms with Crippen LogP contribution in [0.2, 0.25) is 0 Å². The molecule has 4 atom stereocenters. The van der Waals surface area contributed by atoms with Crippen LogP contribution in [0.25, 0.3) is 0 Å². The van der Waals surface area contributed by atoms with Crippen LogP contribution in [0.4, 0.5) is 0 Å². The van der Waals surface area contributed by atoms with Crippen LogP contribution in [0, 0.1) is 5.92 Å². The summed E-state index contributed by atoms with van der Waals surface area (Å²) in [6.45, 7) is 2.08. The van der Waals surface area contributed by atoms with E-state index in [1.54, 1.807) is 0 Å². The minimum Gasteiger partial charge on any atom is -0.425 e. The SMILES string of the molecule is C[C@H]1C=C(C=O)[C@@H](c2ccccc2)[C@]2(C(=O)Oc3ccccc32)[C@@H]1c1ccccc1. The molecule has 30 heavy (non-hydrogen) atoms. The van der Waals surface area contributed by atoms with Crippen molar-refractivity contribution >= 4 is 12.3 Å². The summed E-state index contributed by atoms with van der Waals surface area (Å²) < 4.78 is 5.86. The van der Waals surface area contributed by atoms with E-state index in [1.165, 1.54) is 0 Å². The number of ether oxygens (including phenoxy) is 1. The summed E-state index contributed by atoms with van der Waals surface area (Å²) in [4.78, 5) is 26.1. The molecule has 3 nitrogen and oxygen atoms in total. The summed E-state index contributed by atoms with van der Waals surface area (Å²) in [7, 11) is 0. The first kappa shape index (κ1) is 18.6. The van der Waals surface area contributed by atoms with Crippen molar-refractivity contribution in [2.24, 2.45) is 5.92 Å². The third-order valence-electron chi connectivity index (χ3n) is 6.56. The zero-order valence-corrected chi connectivity index (χ0v) is 16.7. The Morgan fingerprint density at radius 1 is 0.833 bits per heavy atom. The van der Waals surface area contributed by atoms with E-state index in [9.17, 15) is 9.59 Å². The van der Waals surface area contributed by atoms with Gasteiger partial charge in [-0.15, -0.1) is 0 Å². The predicted octanol–water partition coefficient (Wildman–Crippen LogP) is 5.19. The summed E-state index contributed by atoms with van der Waals surface area (Å²) in [6.07, 6.45) is 2.94. The summed E-state index contributed by atoms with van der Waals surface area (Å²) >= 11 is 0. The maximum absolute atomic E-state index is 13.8. The van der Waals surface area contributed by atoms with Gasteiger partial charge in [0.25, 0.3) is 0 Å². The molecule has 0 fully saturated rings. The Morgan fingerprint density at radius 2 is 1.43 bits per heavy atom. The van der Waals surface area contributed by atoms with Crippen molar-refractivity contribution in [3.05, 3.63) is 113 Å². The molecule has 1 aliphatic heterocycles. The molecule has 5 rings (SSSR count). The summed E-state index contributed by atoms with van der Waals surface area (Å²) in [6, 6.07) is 27.6. The molecule has 0 N–H and O–H groups in total. The molecule has 0 saturated carbocycles. The Balaban J connectivity index is 1.88. The molecule has 3 heteroatoms. The maximum atomic E-state index is 13.8. The quantitative estimate of drug-likeness (QED) is 0.349. The van der Waals surface area contributed by atoms with E-state index in [0.29, 0.717) is 11.3 Å². The molecule has 0 saturated heterocycles. The highest BCUT2D eigenvalue weighted by Crippen LogP contribution is 2.62. The van der Waals surface area contributed by atoms with E-state index in [-0.39, 0.29) is 17.8 Å². The largest absolute Gasteiger partial charge is 0.425 e. The second-order valence-corrected chi connectivity index (χ2v) is 8.13. The van der Waals surface area contributed by atoms with Gasteiger partial charge in [-0.25, -0.2) is 0 Å². The molecule has 1 heterocycles. The van der Waals surface area contributed by atoms with E-state index in [0.717, 1.165) is 23.0 Å². The smallest absolute Gasteiger partial charge is 0.323 e. The van der Waals surface area contributed by atoms with Gasteiger partial charge in [-0.1, -0.05) is 91.9 Å². The molecule has 2 aliphatic rings.